The number of rotatable bonds is 5. The first-order valence-electron chi connectivity index (χ1n) is 4.55. The molecule has 0 radical (unpaired) electrons. The molecule has 0 unspecified atom stereocenters. The minimum Gasteiger partial charge on any atom is -0.380 e. The Hall–Kier alpha value is -0.910. The highest BCUT2D eigenvalue weighted by molar-refractivity contribution is 7.88. The summed E-state index contributed by atoms with van der Waals surface area (Å²) in [7, 11) is -0.143. The number of nitrogens with one attached hydrogen (secondary N) is 1. The van der Waals surface area contributed by atoms with Crippen LogP contribution in [0.15, 0.2) is 24.3 Å². The maximum atomic E-state index is 11.2. The van der Waals surface area contributed by atoms with Gasteiger partial charge in [-0.1, -0.05) is 24.3 Å². The summed E-state index contributed by atoms with van der Waals surface area (Å²) in [6.07, 6.45) is 0. The van der Waals surface area contributed by atoms with Crippen LogP contribution in [-0.2, 0) is 27.1 Å². The Morgan fingerprint density at radius 2 is 1.73 bits per heavy atom. The van der Waals surface area contributed by atoms with Crippen LogP contribution < -0.4 is 4.72 Å². The largest absolute Gasteiger partial charge is 0.380 e. The molecule has 0 aliphatic rings. The molecule has 0 aromatic heterocycles. The molecule has 0 spiro atoms. The van der Waals surface area contributed by atoms with Gasteiger partial charge in [0.05, 0.1) is 12.4 Å². The SMILES string of the molecule is CNS(=O)(=O)Cc1ccc(COC)cc1. The fraction of sp³-hybridized carbons (Fsp3) is 0.400. The van der Waals surface area contributed by atoms with Crippen LogP contribution in [0.4, 0.5) is 0 Å². The second kappa shape index (κ2) is 5.25. The van der Waals surface area contributed by atoms with Crippen LogP contribution in [-0.4, -0.2) is 22.6 Å². The van der Waals surface area contributed by atoms with E-state index < -0.39 is 10.0 Å². The van der Waals surface area contributed by atoms with Gasteiger partial charge in [-0.25, -0.2) is 13.1 Å². The fourth-order valence-electron chi connectivity index (χ4n) is 1.19. The maximum Gasteiger partial charge on any atom is 0.215 e. The number of benzene rings is 1. The van der Waals surface area contributed by atoms with Crippen LogP contribution in [0.3, 0.4) is 0 Å². The van der Waals surface area contributed by atoms with Crippen LogP contribution in [0.1, 0.15) is 11.1 Å². The third-order valence-corrected chi connectivity index (χ3v) is 3.34. The van der Waals surface area contributed by atoms with Gasteiger partial charge in [0.15, 0.2) is 0 Å². The lowest BCUT2D eigenvalue weighted by Gasteiger charge is -2.04. The van der Waals surface area contributed by atoms with Crippen molar-refractivity contribution in [3.05, 3.63) is 35.4 Å². The predicted molar refractivity (Wildman–Crippen MR) is 58.8 cm³/mol. The second-order valence-electron chi connectivity index (χ2n) is 3.21. The summed E-state index contributed by atoms with van der Waals surface area (Å²) in [5, 5.41) is 0. The highest BCUT2D eigenvalue weighted by Crippen LogP contribution is 2.08. The second-order valence-corrected chi connectivity index (χ2v) is 5.14. The first kappa shape index (κ1) is 12.2. The minimum atomic E-state index is -3.18. The molecule has 0 amide bonds. The van der Waals surface area contributed by atoms with Gasteiger partial charge in [0.2, 0.25) is 10.0 Å². The van der Waals surface area contributed by atoms with Crippen molar-refractivity contribution in [3.63, 3.8) is 0 Å². The van der Waals surface area contributed by atoms with E-state index in [-0.39, 0.29) is 5.75 Å². The average molecular weight is 229 g/mol. The molecule has 84 valence electrons. The Labute approximate surface area is 90.3 Å². The summed E-state index contributed by atoms with van der Waals surface area (Å²) in [5.41, 5.74) is 1.80. The number of hydrogen-bond acceptors (Lipinski definition) is 3. The molecule has 0 saturated carbocycles. The molecule has 0 atom stereocenters. The molecule has 0 heterocycles. The van der Waals surface area contributed by atoms with Gasteiger partial charge in [-0.3, -0.25) is 0 Å². The minimum absolute atomic E-state index is 0.0107. The van der Waals surface area contributed by atoms with E-state index in [1.54, 1.807) is 19.2 Å². The first-order valence-corrected chi connectivity index (χ1v) is 6.20. The van der Waals surface area contributed by atoms with Crippen molar-refractivity contribution in [1.82, 2.24) is 4.72 Å². The van der Waals surface area contributed by atoms with Gasteiger partial charge in [-0.05, 0) is 18.2 Å². The molecule has 5 heteroatoms. The van der Waals surface area contributed by atoms with Crippen LogP contribution in [0.5, 0.6) is 0 Å². The Kier molecular flexibility index (Phi) is 4.26. The highest BCUT2D eigenvalue weighted by Gasteiger charge is 2.07. The van der Waals surface area contributed by atoms with E-state index in [0.717, 1.165) is 11.1 Å². The van der Waals surface area contributed by atoms with Crippen molar-refractivity contribution in [3.8, 4) is 0 Å². The zero-order valence-electron chi connectivity index (χ0n) is 8.86. The standard InChI is InChI=1S/C10H15NO3S/c1-11-15(12,13)8-10-5-3-9(4-6-10)7-14-2/h3-6,11H,7-8H2,1-2H3. The van der Waals surface area contributed by atoms with E-state index in [0.29, 0.717) is 6.61 Å². The third-order valence-electron chi connectivity index (χ3n) is 2.00. The Bertz CT molecular complexity index is 397. The van der Waals surface area contributed by atoms with Gasteiger partial charge in [0.1, 0.15) is 0 Å². The molecule has 0 bridgehead atoms. The van der Waals surface area contributed by atoms with Crippen LogP contribution in [0, 0.1) is 0 Å². The molecule has 1 aromatic rings. The number of ether oxygens (including phenoxy) is 1. The molecular weight excluding hydrogens is 214 g/mol. The molecule has 0 aliphatic heterocycles. The van der Waals surface area contributed by atoms with Crippen molar-refractivity contribution in [2.45, 2.75) is 12.4 Å². The summed E-state index contributed by atoms with van der Waals surface area (Å²) in [6.45, 7) is 0.541. The summed E-state index contributed by atoms with van der Waals surface area (Å²) >= 11 is 0. The first-order chi connectivity index (χ1) is 7.07. The summed E-state index contributed by atoms with van der Waals surface area (Å²) in [5.74, 6) is 0.0107. The predicted octanol–water partition coefficient (Wildman–Crippen LogP) is 0.882. The number of methoxy groups -OCH3 is 1. The molecule has 0 saturated heterocycles. The monoisotopic (exact) mass is 229 g/mol. The molecule has 0 fully saturated rings. The Morgan fingerprint density at radius 1 is 1.20 bits per heavy atom. The number of sulfonamides is 1. The molecule has 1 N–H and O–H groups in total. The molecule has 0 aliphatic carbocycles. The van der Waals surface area contributed by atoms with E-state index in [1.165, 1.54) is 7.05 Å². The lowest BCUT2D eigenvalue weighted by atomic mass is 10.2. The normalized spacial score (nSPS) is 11.6. The average Bonchev–Trinajstić information content (AvgIpc) is 2.21. The molecule has 15 heavy (non-hydrogen) atoms. The van der Waals surface area contributed by atoms with Crippen LogP contribution >= 0.6 is 0 Å². The van der Waals surface area contributed by atoms with Crippen molar-refractivity contribution in [2.24, 2.45) is 0 Å². The smallest absolute Gasteiger partial charge is 0.215 e. The van der Waals surface area contributed by atoms with E-state index >= 15 is 0 Å². The van der Waals surface area contributed by atoms with Gasteiger partial charge in [-0.2, -0.15) is 0 Å². The molecule has 1 aromatic carbocycles. The quantitative estimate of drug-likeness (QED) is 0.815. The van der Waals surface area contributed by atoms with Crippen LogP contribution in [0.25, 0.3) is 0 Å². The lowest BCUT2D eigenvalue weighted by molar-refractivity contribution is 0.185. The van der Waals surface area contributed by atoms with Crippen molar-refractivity contribution >= 4 is 10.0 Å². The Balaban J connectivity index is 2.73. The molecule has 1 rings (SSSR count). The van der Waals surface area contributed by atoms with E-state index in [4.69, 9.17) is 4.74 Å². The zero-order valence-corrected chi connectivity index (χ0v) is 9.67. The summed E-state index contributed by atoms with van der Waals surface area (Å²) in [4.78, 5) is 0. The van der Waals surface area contributed by atoms with Gasteiger partial charge in [-0.15, -0.1) is 0 Å². The fourth-order valence-corrected chi connectivity index (χ4v) is 1.97. The third kappa shape index (κ3) is 3.99. The van der Waals surface area contributed by atoms with Crippen molar-refractivity contribution in [2.75, 3.05) is 14.2 Å². The topological polar surface area (TPSA) is 55.4 Å². The highest BCUT2D eigenvalue weighted by atomic mass is 32.2. The zero-order chi connectivity index (χ0) is 11.3. The van der Waals surface area contributed by atoms with Crippen LogP contribution in [0.2, 0.25) is 0 Å². The van der Waals surface area contributed by atoms with Crippen molar-refractivity contribution < 1.29 is 13.2 Å². The van der Waals surface area contributed by atoms with E-state index in [1.807, 2.05) is 12.1 Å². The Morgan fingerprint density at radius 3 is 2.20 bits per heavy atom. The molecule has 4 nitrogen and oxygen atoms in total. The van der Waals surface area contributed by atoms with E-state index in [2.05, 4.69) is 4.72 Å². The van der Waals surface area contributed by atoms with Gasteiger partial charge < -0.3 is 4.74 Å². The van der Waals surface area contributed by atoms with Gasteiger partial charge >= 0.3 is 0 Å². The lowest BCUT2D eigenvalue weighted by Crippen LogP contribution is -2.20. The maximum absolute atomic E-state index is 11.2. The van der Waals surface area contributed by atoms with E-state index in [9.17, 15) is 8.42 Å². The summed E-state index contributed by atoms with van der Waals surface area (Å²) < 4.78 is 29.7. The summed E-state index contributed by atoms with van der Waals surface area (Å²) in [6, 6.07) is 7.32. The van der Waals surface area contributed by atoms with Gasteiger partial charge in [0, 0.05) is 7.11 Å². The van der Waals surface area contributed by atoms with Gasteiger partial charge in [0.25, 0.3) is 0 Å². The van der Waals surface area contributed by atoms with Crippen molar-refractivity contribution in [1.29, 1.82) is 0 Å². The number of hydrogen-bond donors (Lipinski definition) is 1. The molecular formula is C10H15NO3S.